The smallest absolute Gasteiger partial charge is 0.155 e. The fourth-order valence-corrected chi connectivity index (χ4v) is 1.09. The van der Waals surface area contributed by atoms with E-state index in [9.17, 15) is 4.79 Å². The molecule has 12 heavy (non-hydrogen) atoms. The van der Waals surface area contributed by atoms with E-state index in [4.69, 9.17) is 11.6 Å². The third-order valence-corrected chi connectivity index (χ3v) is 1.80. The summed E-state index contributed by atoms with van der Waals surface area (Å²) >= 11 is 5.68. The summed E-state index contributed by atoms with van der Waals surface area (Å²) in [6.07, 6.45) is 2.23. The maximum atomic E-state index is 10.6. The number of aliphatic imine (C=N–C) groups is 1. The number of carbonyl (C=O) groups excluding carboxylic acids is 1. The number of hydrogen-bond acceptors (Lipinski definition) is 3. The van der Waals surface area contributed by atoms with Crippen LogP contribution in [-0.4, -0.2) is 18.0 Å². The molecule has 0 amide bonds. The highest BCUT2D eigenvalue weighted by Crippen LogP contribution is 2.27. The molecule has 0 aliphatic heterocycles. The van der Waals surface area contributed by atoms with E-state index in [1.165, 1.54) is 6.20 Å². The van der Waals surface area contributed by atoms with Crippen LogP contribution in [0.2, 0.25) is 5.15 Å². The van der Waals surface area contributed by atoms with E-state index in [1.807, 2.05) is 0 Å². The average molecular weight is 183 g/mol. The van der Waals surface area contributed by atoms with Gasteiger partial charge in [-0.05, 0) is 19.2 Å². The number of halogens is 1. The number of carbonyl (C=O) groups is 1. The molecule has 0 saturated heterocycles. The van der Waals surface area contributed by atoms with Crippen LogP contribution < -0.4 is 0 Å². The van der Waals surface area contributed by atoms with Crippen LogP contribution in [0.5, 0.6) is 0 Å². The Balaban J connectivity index is 3.48. The van der Waals surface area contributed by atoms with Crippen LogP contribution in [0.25, 0.3) is 0 Å². The fourth-order valence-electron chi connectivity index (χ4n) is 0.881. The zero-order valence-electron chi connectivity index (χ0n) is 6.54. The van der Waals surface area contributed by atoms with Gasteiger partial charge in [-0.15, -0.1) is 0 Å². The molecule has 1 aromatic heterocycles. The second kappa shape index (κ2) is 3.45. The van der Waals surface area contributed by atoms with Crippen molar-refractivity contribution in [2.75, 3.05) is 0 Å². The van der Waals surface area contributed by atoms with Crippen molar-refractivity contribution in [3.8, 4) is 0 Å². The summed E-state index contributed by atoms with van der Waals surface area (Å²) in [4.78, 5) is 18.0. The van der Waals surface area contributed by atoms with E-state index >= 15 is 0 Å². The van der Waals surface area contributed by atoms with Gasteiger partial charge in [0, 0.05) is 11.8 Å². The summed E-state index contributed by atoms with van der Waals surface area (Å²) in [6.45, 7) is 5.07. The van der Waals surface area contributed by atoms with E-state index in [0.29, 0.717) is 17.5 Å². The first-order valence-electron chi connectivity index (χ1n) is 3.27. The Kier molecular flexibility index (Phi) is 2.55. The van der Waals surface area contributed by atoms with Crippen molar-refractivity contribution in [1.82, 2.24) is 4.98 Å². The van der Waals surface area contributed by atoms with Crippen molar-refractivity contribution in [3.05, 3.63) is 22.5 Å². The van der Waals surface area contributed by atoms with Gasteiger partial charge >= 0.3 is 0 Å². The maximum absolute atomic E-state index is 10.6. The van der Waals surface area contributed by atoms with Crippen LogP contribution in [-0.2, 0) is 0 Å². The Morgan fingerprint density at radius 3 is 2.83 bits per heavy atom. The van der Waals surface area contributed by atoms with E-state index in [1.54, 1.807) is 6.92 Å². The normalized spacial score (nSPS) is 9.50. The lowest BCUT2D eigenvalue weighted by Crippen LogP contribution is -1.90. The Hall–Kier alpha value is -1.22. The monoisotopic (exact) mass is 182 g/mol. The highest BCUT2D eigenvalue weighted by atomic mass is 35.5. The van der Waals surface area contributed by atoms with Crippen molar-refractivity contribution in [2.24, 2.45) is 4.99 Å². The van der Waals surface area contributed by atoms with Crippen LogP contribution >= 0.6 is 11.6 Å². The fraction of sp³-hybridized carbons (Fsp3) is 0.125. The molecule has 0 saturated carbocycles. The van der Waals surface area contributed by atoms with Gasteiger partial charge in [0.15, 0.2) is 11.4 Å². The molecule has 0 atom stereocenters. The quantitative estimate of drug-likeness (QED) is 0.400. The minimum Gasteiger partial charge on any atom is -0.298 e. The van der Waals surface area contributed by atoms with Gasteiger partial charge < -0.3 is 0 Å². The Morgan fingerprint density at radius 1 is 1.75 bits per heavy atom. The standard InChI is InChI=1S/C8H7ClN2O/c1-5-3-11-8(9)7(10-2)6(5)4-12/h3-4H,2H2,1H3. The third kappa shape index (κ3) is 1.36. The molecule has 0 fully saturated rings. The molecule has 0 N–H and O–H groups in total. The summed E-state index contributed by atoms with van der Waals surface area (Å²) in [7, 11) is 0. The number of aldehydes is 1. The zero-order valence-corrected chi connectivity index (χ0v) is 7.30. The first-order valence-corrected chi connectivity index (χ1v) is 3.65. The predicted octanol–water partition coefficient (Wildman–Crippen LogP) is 2.19. The Bertz CT molecular complexity index is 303. The van der Waals surface area contributed by atoms with Gasteiger partial charge in [0.05, 0.1) is 0 Å². The second-order valence-electron chi connectivity index (χ2n) is 2.27. The molecule has 1 heterocycles. The van der Waals surface area contributed by atoms with Gasteiger partial charge in [-0.25, -0.2) is 4.98 Å². The minimum atomic E-state index is 0.206. The molecular weight excluding hydrogens is 176 g/mol. The van der Waals surface area contributed by atoms with Gasteiger partial charge in [-0.2, -0.15) is 0 Å². The minimum absolute atomic E-state index is 0.206. The average Bonchev–Trinajstić information content (AvgIpc) is 2.08. The Labute approximate surface area is 75.1 Å². The zero-order chi connectivity index (χ0) is 9.14. The van der Waals surface area contributed by atoms with Crippen LogP contribution in [0, 0.1) is 6.92 Å². The van der Waals surface area contributed by atoms with E-state index < -0.39 is 0 Å². The van der Waals surface area contributed by atoms with Crippen LogP contribution in [0.3, 0.4) is 0 Å². The SMILES string of the molecule is C=Nc1c(Cl)ncc(C)c1C=O. The van der Waals surface area contributed by atoms with Gasteiger partial charge in [0.25, 0.3) is 0 Å². The lowest BCUT2D eigenvalue weighted by molar-refractivity contribution is 0.112. The van der Waals surface area contributed by atoms with Crippen LogP contribution in [0.1, 0.15) is 15.9 Å². The number of aromatic nitrogens is 1. The maximum Gasteiger partial charge on any atom is 0.155 e. The second-order valence-corrected chi connectivity index (χ2v) is 2.63. The highest BCUT2D eigenvalue weighted by Gasteiger charge is 2.08. The van der Waals surface area contributed by atoms with Crippen molar-refractivity contribution in [1.29, 1.82) is 0 Å². The largest absolute Gasteiger partial charge is 0.298 e. The van der Waals surface area contributed by atoms with E-state index in [0.717, 1.165) is 5.56 Å². The van der Waals surface area contributed by atoms with Crippen LogP contribution in [0.15, 0.2) is 11.2 Å². The molecule has 4 heteroatoms. The van der Waals surface area contributed by atoms with E-state index in [-0.39, 0.29) is 5.15 Å². The van der Waals surface area contributed by atoms with E-state index in [2.05, 4.69) is 16.7 Å². The lowest BCUT2D eigenvalue weighted by atomic mass is 10.1. The molecule has 3 nitrogen and oxygen atoms in total. The summed E-state index contributed by atoms with van der Waals surface area (Å²) in [6, 6.07) is 0. The number of pyridine rings is 1. The molecule has 0 spiro atoms. The molecule has 0 radical (unpaired) electrons. The number of hydrogen-bond donors (Lipinski definition) is 0. The number of nitrogens with zero attached hydrogens (tertiary/aromatic N) is 2. The molecule has 0 aliphatic rings. The van der Waals surface area contributed by atoms with Gasteiger partial charge in [-0.1, -0.05) is 11.6 Å². The summed E-state index contributed by atoms with van der Waals surface area (Å²) in [5.74, 6) is 0. The molecular formula is C8H7ClN2O. The van der Waals surface area contributed by atoms with Gasteiger partial charge in [0.2, 0.25) is 0 Å². The number of aryl methyl sites for hydroxylation is 1. The summed E-state index contributed by atoms with van der Waals surface area (Å²) < 4.78 is 0. The predicted molar refractivity (Wildman–Crippen MR) is 48.6 cm³/mol. The van der Waals surface area contributed by atoms with Crippen molar-refractivity contribution >= 4 is 30.3 Å². The summed E-state index contributed by atoms with van der Waals surface area (Å²) in [5, 5.41) is 0.206. The van der Waals surface area contributed by atoms with Crippen LogP contribution in [0.4, 0.5) is 5.69 Å². The van der Waals surface area contributed by atoms with Gasteiger partial charge in [0.1, 0.15) is 5.69 Å². The molecule has 0 unspecified atom stereocenters. The van der Waals surface area contributed by atoms with Gasteiger partial charge in [-0.3, -0.25) is 9.79 Å². The topological polar surface area (TPSA) is 42.3 Å². The number of rotatable bonds is 2. The molecule has 1 rings (SSSR count). The molecule has 0 aromatic carbocycles. The lowest BCUT2D eigenvalue weighted by Gasteiger charge is -2.02. The Morgan fingerprint density at radius 2 is 2.42 bits per heavy atom. The first kappa shape index (κ1) is 8.87. The molecule has 62 valence electrons. The van der Waals surface area contributed by atoms with Crippen molar-refractivity contribution < 1.29 is 4.79 Å². The summed E-state index contributed by atoms with van der Waals surface area (Å²) in [5.41, 5.74) is 1.55. The first-order chi connectivity index (χ1) is 5.70. The highest BCUT2D eigenvalue weighted by molar-refractivity contribution is 6.32. The third-order valence-electron chi connectivity index (χ3n) is 1.52. The molecule has 1 aromatic rings. The van der Waals surface area contributed by atoms with Crippen molar-refractivity contribution in [3.63, 3.8) is 0 Å². The molecule has 0 bridgehead atoms. The molecule has 0 aliphatic carbocycles. The van der Waals surface area contributed by atoms with Crippen molar-refractivity contribution in [2.45, 2.75) is 6.92 Å².